The molecule has 1 amide bonds. The second-order valence-electron chi connectivity index (χ2n) is 6.50. The molecular formula is C19H16F3N3O4. The summed E-state index contributed by atoms with van der Waals surface area (Å²) < 4.78 is 47.9. The lowest BCUT2D eigenvalue weighted by molar-refractivity contribution is -0.274. The number of para-hydroxylation sites is 2. The van der Waals surface area contributed by atoms with E-state index in [2.05, 4.69) is 15.2 Å². The Morgan fingerprint density at radius 3 is 2.48 bits per heavy atom. The minimum absolute atomic E-state index is 0.196. The van der Waals surface area contributed by atoms with Gasteiger partial charge in [0.15, 0.2) is 11.5 Å². The van der Waals surface area contributed by atoms with Gasteiger partial charge in [0, 0.05) is 6.07 Å². The largest absolute Gasteiger partial charge is 0.573 e. The summed E-state index contributed by atoms with van der Waals surface area (Å²) in [6.07, 6.45) is -3.49. The predicted molar refractivity (Wildman–Crippen MR) is 97.3 cm³/mol. The lowest BCUT2D eigenvalue weighted by atomic mass is 10.0. The number of carbonyl (C=O) groups excluding carboxylic acids is 1. The van der Waals surface area contributed by atoms with E-state index in [0.717, 1.165) is 10.7 Å². The van der Waals surface area contributed by atoms with Gasteiger partial charge in [0.1, 0.15) is 11.2 Å². The average Bonchev–Trinajstić information content (AvgIpc) is 3.17. The van der Waals surface area contributed by atoms with Gasteiger partial charge in [0.2, 0.25) is 0 Å². The summed E-state index contributed by atoms with van der Waals surface area (Å²) in [5, 5.41) is 6.54. The molecule has 0 aliphatic heterocycles. The smallest absolute Gasteiger partial charge is 0.463 e. The van der Waals surface area contributed by atoms with E-state index >= 15 is 0 Å². The highest BCUT2D eigenvalue weighted by molar-refractivity contribution is 5.97. The van der Waals surface area contributed by atoms with Gasteiger partial charge in [-0.1, -0.05) is 12.1 Å². The number of carbonyl (C=O) groups is 1. The van der Waals surface area contributed by atoms with Gasteiger partial charge in [-0.2, -0.15) is 5.10 Å². The van der Waals surface area contributed by atoms with Crippen LogP contribution in [0, 0.1) is 0 Å². The number of ether oxygens (including phenoxy) is 1. The highest BCUT2D eigenvalue weighted by atomic mass is 19.4. The van der Waals surface area contributed by atoms with Crippen molar-refractivity contribution in [1.82, 2.24) is 9.78 Å². The molecular weight excluding hydrogens is 391 g/mol. The molecule has 3 aromatic rings. The molecule has 29 heavy (non-hydrogen) atoms. The minimum atomic E-state index is -4.92. The SMILES string of the molecule is CC(C)(C(=O)Nc1ccccc1OC(F)(F)F)n1nc(-c2ccco2)ccc1=O. The molecule has 0 saturated carbocycles. The van der Waals surface area contributed by atoms with Crippen molar-refractivity contribution in [3.8, 4) is 17.2 Å². The van der Waals surface area contributed by atoms with Crippen LogP contribution >= 0.6 is 0 Å². The molecule has 152 valence electrons. The Hall–Kier alpha value is -3.56. The van der Waals surface area contributed by atoms with Crippen LogP contribution in [0.2, 0.25) is 0 Å². The standard InChI is InChI=1S/C19H16F3N3O4/c1-18(2,25-16(26)10-9-13(24-25)14-8-5-11-28-14)17(27)23-12-6-3-4-7-15(12)29-19(20,21)22/h3-11H,1-2H3,(H,23,27). The summed E-state index contributed by atoms with van der Waals surface area (Å²) in [6.45, 7) is 2.83. The van der Waals surface area contributed by atoms with Crippen LogP contribution in [0.5, 0.6) is 5.75 Å². The van der Waals surface area contributed by atoms with Crippen LogP contribution in [0.3, 0.4) is 0 Å². The molecule has 0 aliphatic carbocycles. The van der Waals surface area contributed by atoms with Crippen molar-refractivity contribution < 1.29 is 27.1 Å². The summed E-state index contributed by atoms with van der Waals surface area (Å²) in [4.78, 5) is 25.1. The van der Waals surface area contributed by atoms with Crippen LogP contribution in [-0.4, -0.2) is 22.1 Å². The topological polar surface area (TPSA) is 86.4 Å². The number of nitrogens with zero attached hydrogens (tertiary/aromatic N) is 2. The van der Waals surface area contributed by atoms with Gasteiger partial charge in [-0.25, -0.2) is 4.68 Å². The molecule has 1 N–H and O–H groups in total. The van der Waals surface area contributed by atoms with Crippen molar-refractivity contribution in [2.45, 2.75) is 25.7 Å². The molecule has 0 unspecified atom stereocenters. The van der Waals surface area contributed by atoms with Gasteiger partial charge in [-0.05, 0) is 44.2 Å². The molecule has 2 heterocycles. The van der Waals surface area contributed by atoms with E-state index in [0.29, 0.717) is 11.5 Å². The Balaban J connectivity index is 1.92. The van der Waals surface area contributed by atoms with Crippen molar-refractivity contribution in [3.05, 3.63) is 65.1 Å². The third-order valence-electron chi connectivity index (χ3n) is 4.02. The Bertz CT molecular complexity index is 1070. The Kier molecular flexibility index (Phi) is 5.19. The first-order chi connectivity index (χ1) is 13.6. The number of rotatable bonds is 5. The maximum atomic E-state index is 12.8. The quantitative estimate of drug-likeness (QED) is 0.696. The van der Waals surface area contributed by atoms with Crippen LogP contribution in [-0.2, 0) is 10.3 Å². The average molecular weight is 407 g/mol. The molecule has 10 heteroatoms. The van der Waals surface area contributed by atoms with Crippen molar-refractivity contribution in [2.75, 3.05) is 5.32 Å². The summed E-state index contributed by atoms with van der Waals surface area (Å²) in [7, 11) is 0. The van der Waals surface area contributed by atoms with Gasteiger partial charge >= 0.3 is 6.36 Å². The molecule has 0 radical (unpaired) electrons. The molecule has 1 aromatic carbocycles. The molecule has 0 spiro atoms. The van der Waals surface area contributed by atoms with E-state index in [9.17, 15) is 22.8 Å². The van der Waals surface area contributed by atoms with Gasteiger partial charge in [0.05, 0.1) is 12.0 Å². The Morgan fingerprint density at radius 2 is 1.83 bits per heavy atom. The van der Waals surface area contributed by atoms with E-state index in [4.69, 9.17) is 4.42 Å². The zero-order valence-electron chi connectivity index (χ0n) is 15.4. The molecule has 7 nitrogen and oxygen atoms in total. The first-order valence-corrected chi connectivity index (χ1v) is 8.39. The van der Waals surface area contributed by atoms with Crippen molar-refractivity contribution >= 4 is 11.6 Å². The molecule has 0 saturated heterocycles. The van der Waals surface area contributed by atoms with Crippen LogP contribution in [0.4, 0.5) is 18.9 Å². The zero-order valence-corrected chi connectivity index (χ0v) is 15.4. The van der Waals surface area contributed by atoms with Crippen molar-refractivity contribution in [3.63, 3.8) is 0 Å². The highest BCUT2D eigenvalue weighted by Gasteiger charge is 2.35. The first-order valence-electron chi connectivity index (χ1n) is 8.39. The highest BCUT2D eigenvalue weighted by Crippen LogP contribution is 2.31. The van der Waals surface area contributed by atoms with Gasteiger partial charge in [-0.15, -0.1) is 13.2 Å². The predicted octanol–water partition coefficient (Wildman–Crippen LogP) is 3.78. The second-order valence-corrected chi connectivity index (χ2v) is 6.50. The maximum Gasteiger partial charge on any atom is 0.573 e. The van der Waals surface area contributed by atoms with Crippen LogP contribution in [0.15, 0.2) is 64.0 Å². The number of benzene rings is 1. The summed E-state index contributed by atoms with van der Waals surface area (Å²) >= 11 is 0. The third kappa shape index (κ3) is 4.48. The number of hydrogen-bond acceptors (Lipinski definition) is 5. The summed E-state index contributed by atoms with van der Waals surface area (Å²) in [6, 6.07) is 11.0. The third-order valence-corrected chi connectivity index (χ3v) is 4.02. The molecule has 0 bridgehead atoms. The lowest BCUT2D eigenvalue weighted by Crippen LogP contribution is -2.47. The lowest BCUT2D eigenvalue weighted by Gasteiger charge is -2.25. The monoisotopic (exact) mass is 407 g/mol. The summed E-state index contributed by atoms with van der Waals surface area (Å²) in [5.41, 5.74) is -1.99. The van der Waals surface area contributed by atoms with E-state index in [-0.39, 0.29) is 5.69 Å². The number of hydrogen-bond donors (Lipinski definition) is 1. The normalized spacial score (nSPS) is 11.9. The molecule has 2 aromatic heterocycles. The van der Waals surface area contributed by atoms with Gasteiger partial charge < -0.3 is 14.5 Å². The fourth-order valence-corrected chi connectivity index (χ4v) is 2.52. The number of nitrogens with one attached hydrogen (secondary N) is 1. The van der Waals surface area contributed by atoms with Crippen molar-refractivity contribution in [1.29, 1.82) is 0 Å². The zero-order chi connectivity index (χ0) is 21.2. The molecule has 3 rings (SSSR count). The minimum Gasteiger partial charge on any atom is -0.463 e. The second kappa shape index (κ2) is 7.46. The first kappa shape index (κ1) is 20.2. The fraction of sp³-hybridized carbons (Fsp3) is 0.211. The van der Waals surface area contributed by atoms with Gasteiger partial charge in [-0.3, -0.25) is 9.59 Å². The number of anilines is 1. The fourth-order valence-electron chi connectivity index (χ4n) is 2.52. The maximum absolute atomic E-state index is 12.8. The number of alkyl halides is 3. The number of aromatic nitrogens is 2. The molecule has 0 atom stereocenters. The Labute approximate surface area is 162 Å². The molecule has 0 aliphatic rings. The van der Waals surface area contributed by atoms with Crippen molar-refractivity contribution in [2.24, 2.45) is 0 Å². The van der Waals surface area contributed by atoms with E-state index in [1.807, 2.05) is 0 Å². The van der Waals surface area contributed by atoms with E-state index in [1.54, 1.807) is 12.1 Å². The van der Waals surface area contributed by atoms with Crippen LogP contribution < -0.4 is 15.6 Å². The Morgan fingerprint density at radius 1 is 1.10 bits per heavy atom. The van der Waals surface area contributed by atoms with E-state index < -0.39 is 29.1 Å². The van der Waals surface area contributed by atoms with E-state index in [1.165, 1.54) is 50.4 Å². The number of halogens is 3. The number of furan rings is 1. The number of amides is 1. The van der Waals surface area contributed by atoms with Gasteiger partial charge in [0.25, 0.3) is 11.5 Å². The molecule has 0 fully saturated rings. The summed E-state index contributed by atoms with van der Waals surface area (Å²) in [5.74, 6) is -0.949. The van der Waals surface area contributed by atoms with Crippen LogP contribution in [0.25, 0.3) is 11.5 Å². The van der Waals surface area contributed by atoms with Crippen LogP contribution in [0.1, 0.15) is 13.8 Å².